The zero-order chi connectivity index (χ0) is 22.7. The highest BCUT2D eigenvalue weighted by molar-refractivity contribution is 9.10. The molecule has 0 radical (unpaired) electrons. The monoisotopic (exact) mass is 490 g/mol. The zero-order valence-electron chi connectivity index (χ0n) is 17.0. The molecule has 0 aliphatic carbocycles. The number of fused-ring (bicyclic) bond motifs is 1. The van der Waals surface area contributed by atoms with Gasteiger partial charge in [0.25, 0.3) is 5.91 Å². The van der Waals surface area contributed by atoms with Gasteiger partial charge in [-0.1, -0.05) is 15.9 Å². The Morgan fingerprint density at radius 3 is 2.55 bits per heavy atom. The number of aryl methyl sites for hydroxylation is 1. The van der Waals surface area contributed by atoms with E-state index in [1.807, 2.05) is 6.07 Å². The fraction of sp³-hybridized carbons (Fsp3) is 0.238. The number of halogens is 1. The van der Waals surface area contributed by atoms with Gasteiger partial charge in [-0.05, 0) is 39.0 Å². The minimum Gasteiger partial charge on any atom is -0.462 e. The highest BCUT2D eigenvalue weighted by atomic mass is 79.9. The first kappa shape index (κ1) is 22.3. The summed E-state index contributed by atoms with van der Waals surface area (Å²) in [7, 11) is 0. The fourth-order valence-corrected chi connectivity index (χ4v) is 3.45. The Kier molecular flexibility index (Phi) is 6.59. The molecule has 1 aromatic carbocycles. The van der Waals surface area contributed by atoms with Crippen molar-refractivity contribution in [3.63, 3.8) is 0 Å². The van der Waals surface area contributed by atoms with Crippen LogP contribution in [0.5, 0.6) is 0 Å². The molecule has 0 unspecified atom stereocenters. The number of H-pyrrole nitrogens is 1. The van der Waals surface area contributed by atoms with Gasteiger partial charge in [0, 0.05) is 21.6 Å². The molecule has 0 bridgehead atoms. The third-order valence-corrected chi connectivity index (χ3v) is 4.86. The summed E-state index contributed by atoms with van der Waals surface area (Å²) in [6.45, 7) is 3.82. The number of ketones is 1. The van der Waals surface area contributed by atoms with E-state index in [1.54, 1.807) is 19.1 Å². The number of rotatable bonds is 7. The summed E-state index contributed by atoms with van der Waals surface area (Å²) in [4.78, 5) is 51.9. The van der Waals surface area contributed by atoms with Gasteiger partial charge in [0.05, 0.1) is 17.7 Å². The van der Waals surface area contributed by atoms with Crippen LogP contribution in [0.4, 0.5) is 5.88 Å². The Bertz CT molecular complexity index is 1190. The number of nitrogens with one attached hydrogen (secondary N) is 2. The highest BCUT2D eigenvalue weighted by Gasteiger charge is 2.29. The number of furan rings is 1. The van der Waals surface area contributed by atoms with Crippen LogP contribution < -0.4 is 5.32 Å². The number of ether oxygens (including phenoxy) is 2. The van der Waals surface area contributed by atoms with Crippen molar-refractivity contribution in [1.82, 2.24) is 4.98 Å². The Labute approximate surface area is 185 Å². The number of esters is 2. The van der Waals surface area contributed by atoms with Crippen LogP contribution in [0.25, 0.3) is 10.9 Å². The smallest absolute Gasteiger partial charge is 0.344 e. The van der Waals surface area contributed by atoms with Crippen molar-refractivity contribution in [2.75, 3.05) is 18.5 Å². The van der Waals surface area contributed by atoms with Gasteiger partial charge < -0.3 is 18.9 Å². The van der Waals surface area contributed by atoms with Crippen molar-refractivity contribution in [2.45, 2.75) is 20.8 Å². The summed E-state index contributed by atoms with van der Waals surface area (Å²) in [5.41, 5.74) is 0.855. The van der Waals surface area contributed by atoms with E-state index >= 15 is 0 Å². The number of benzene rings is 1. The lowest BCUT2D eigenvalue weighted by Crippen LogP contribution is -2.22. The number of hydrogen-bond donors (Lipinski definition) is 2. The van der Waals surface area contributed by atoms with E-state index in [4.69, 9.17) is 13.9 Å². The summed E-state index contributed by atoms with van der Waals surface area (Å²) in [5.74, 6) is -2.75. The number of Topliss-reactive ketones (excluding diaryl/α,β-unsaturated/α-hetero) is 1. The molecule has 3 rings (SSSR count). The Morgan fingerprint density at radius 1 is 1.13 bits per heavy atom. The lowest BCUT2D eigenvalue weighted by molar-refractivity contribution is -0.119. The molecule has 2 aromatic heterocycles. The van der Waals surface area contributed by atoms with Crippen molar-refractivity contribution in [1.29, 1.82) is 0 Å². The van der Waals surface area contributed by atoms with E-state index in [-0.39, 0.29) is 34.9 Å². The van der Waals surface area contributed by atoms with Gasteiger partial charge in [0.15, 0.2) is 12.4 Å². The number of carbonyl (C=O) groups is 4. The molecule has 162 valence electrons. The molecule has 2 heterocycles. The summed E-state index contributed by atoms with van der Waals surface area (Å²) >= 11 is 3.34. The molecule has 3 aromatic rings. The Balaban J connectivity index is 1.74. The minimum atomic E-state index is -0.804. The van der Waals surface area contributed by atoms with Crippen LogP contribution in [0.3, 0.4) is 0 Å². The largest absolute Gasteiger partial charge is 0.462 e. The van der Waals surface area contributed by atoms with Crippen molar-refractivity contribution in [3.8, 4) is 0 Å². The minimum absolute atomic E-state index is 0.0233. The molecule has 31 heavy (non-hydrogen) atoms. The maximum Gasteiger partial charge on any atom is 0.344 e. The number of amides is 1. The molecule has 0 saturated heterocycles. The van der Waals surface area contributed by atoms with Crippen molar-refractivity contribution in [2.24, 2.45) is 0 Å². The summed E-state index contributed by atoms with van der Waals surface area (Å²) in [6.07, 6.45) is 1.49. The molecule has 2 N–H and O–H groups in total. The van der Waals surface area contributed by atoms with Gasteiger partial charge in [0.1, 0.15) is 11.3 Å². The normalized spacial score (nSPS) is 10.7. The van der Waals surface area contributed by atoms with Gasteiger partial charge in [-0.3, -0.25) is 14.9 Å². The van der Waals surface area contributed by atoms with Gasteiger partial charge in [-0.15, -0.1) is 0 Å². The molecule has 0 spiro atoms. The second-order valence-electron chi connectivity index (χ2n) is 6.53. The third kappa shape index (κ3) is 4.69. The van der Waals surface area contributed by atoms with Crippen LogP contribution in [0.15, 0.2) is 33.3 Å². The summed E-state index contributed by atoms with van der Waals surface area (Å²) < 4.78 is 16.2. The van der Waals surface area contributed by atoms with Gasteiger partial charge in [0.2, 0.25) is 5.88 Å². The molecular weight excluding hydrogens is 472 g/mol. The maximum absolute atomic E-state index is 12.4. The SMILES string of the molecule is CCOC(=O)c1c(NC(=O)COC(=O)c2c[nH]c3ccc(Br)cc23)oc(C)c1C(C)=O. The molecular formula is C21H19BrN2O7. The fourth-order valence-electron chi connectivity index (χ4n) is 3.09. The molecule has 0 atom stereocenters. The summed E-state index contributed by atoms with van der Waals surface area (Å²) in [5, 5.41) is 3.00. The highest BCUT2D eigenvalue weighted by Crippen LogP contribution is 2.28. The molecule has 1 amide bonds. The number of anilines is 1. The van der Waals surface area contributed by atoms with Gasteiger partial charge >= 0.3 is 11.9 Å². The second kappa shape index (κ2) is 9.17. The molecule has 0 saturated carbocycles. The van der Waals surface area contributed by atoms with Crippen LogP contribution in [0.1, 0.15) is 50.7 Å². The van der Waals surface area contributed by atoms with Gasteiger partial charge in [-0.2, -0.15) is 0 Å². The van der Waals surface area contributed by atoms with Crippen LogP contribution in [-0.4, -0.2) is 41.8 Å². The van der Waals surface area contributed by atoms with Crippen LogP contribution in [0, 0.1) is 6.92 Å². The van der Waals surface area contributed by atoms with E-state index in [2.05, 4.69) is 26.2 Å². The maximum atomic E-state index is 12.4. The first-order valence-electron chi connectivity index (χ1n) is 9.28. The quantitative estimate of drug-likeness (QED) is 0.378. The first-order valence-corrected chi connectivity index (χ1v) is 10.1. The van der Waals surface area contributed by atoms with E-state index in [0.717, 1.165) is 9.99 Å². The number of hydrogen-bond acceptors (Lipinski definition) is 7. The van der Waals surface area contributed by atoms with Crippen LogP contribution >= 0.6 is 15.9 Å². The molecule has 0 aliphatic rings. The summed E-state index contributed by atoms with van der Waals surface area (Å²) in [6, 6.07) is 5.37. The average molecular weight is 491 g/mol. The Hall–Kier alpha value is -3.40. The lowest BCUT2D eigenvalue weighted by atomic mass is 10.1. The Morgan fingerprint density at radius 2 is 1.87 bits per heavy atom. The second-order valence-corrected chi connectivity index (χ2v) is 7.45. The van der Waals surface area contributed by atoms with Gasteiger partial charge in [-0.25, -0.2) is 9.59 Å². The number of aromatic amines is 1. The average Bonchev–Trinajstić information content (AvgIpc) is 3.26. The van der Waals surface area contributed by atoms with Crippen LogP contribution in [-0.2, 0) is 14.3 Å². The van der Waals surface area contributed by atoms with Crippen molar-refractivity contribution < 1.29 is 33.1 Å². The van der Waals surface area contributed by atoms with Crippen molar-refractivity contribution in [3.05, 3.63) is 51.3 Å². The molecule has 0 fully saturated rings. The van der Waals surface area contributed by atoms with Crippen LogP contribution in [0.2, 0.25) is 0 Å². The van der Waals surface area contributed by atoms with E-state index in [1.165, 1.54) is 20.0 Å². The lowest BCUT2D eigenvalue weighted by Gasteiger charge is -2.07. The molecule has 9 nitrogen and oxygen atoms in total. The van der Waals surface area contributed by atoms with E-state index in [0.29, 0.717) is 5.39 Å². The predicted molar refractivity (Wildman–Crippen MR) is 114 cm³/mol. The molecule has 10 heteroatoms. The van der Waals surface area contributed by atoms with E-state index in [9.17, 15) is 19.2 Å². The van der Waals surface area contributed by atoms with E-state index < -0.39 is 30.2 Å². The topological polar surface area (TPSA) is 128 Å². The number of carbonyl (C=O) groups excluding carboxylic acids is 4. The van der Waals surface area contributed by atoms with Crippen molar-refractivity contribution >= 4 is 56.3 Å². The third-order valence-electron chi connectivity index (χ3n) is 4.37. The standard InChI is InChI=1S/C21H19BrN2O7/c1-4-29-21(28)18-17(10(2)25)11(3)31-19(18)24-16(26)9-30-20(27)14-8-23-15-6-5-12(22)7-13(14)15/h5-8,23H,4,9H2,1-3H3,(H,24,26). The first-order chi connectivity index (χ1) is 14.7. The predicted octanol–water partition coefficient (Wildman–Crippen LogP) is 4.01. The molecule has 0 aliphatic heterocycles. The zero-order valence-corrected chi connectivity index (χ0v) is 18.5. The number of aromatic nitrogens is 1.